The second-order valence-electron chi connectivity index (χ2n) is 7.88. The molecule has 0 aliphatic carbocycles. The van der Waals surface area contributed by atoms with Gasteiger partial charge in [0.2, 0.25) is 10.0 Å². The van der Waals surface area contributed by atoms with Crippen molar-refractivity contribution < 1.29 is 31.2 Å². The third kappa shape index (κ3) is 6.47. The molecule has 0 radical (unpaired) electrons. The number of nitrogens with one attached hydrogen (secondary N) is 1. The number of anilines is 1. The Morgan fingerprint density at radius 3 is 2.37 bits per heavy atom. The number of carbonyl (C=O) groups is 2. The summed E-state index contributed by atoms with van der Waals surface area (Å²) in [5.41, 5.74) is 0.270. The number of carbonyl (C=O) groups excluding carboxylic acids is 2. The Morgan fingerprint density at radius 2 is 1.77 bits per heavy atom. The molecule has 1 aliphatic heterocycles. The first-order valence-electron chi connectivity index (χ1n) is 11.2. The molecule has 2 aromatic rings. The van der Waals surface area contributed by atoms with Gasteiger partial charge in [-0.2, -0.15) is 8.61 Å². The molecule has 13 heteroatoms. The minimum absolute atomic E-state index is 0.0558. The van der Waals surface area contributed by atoms with E-state index in [1.165, 1.54) is 26.8 Å². The second kappa shape index (κ2) is 11.6. The van der Waals surface area contributed by atoms with Crippen LogP contribution in [0.25, 0.3) is 0 Å². The van der Waals surface area contributed by atoms with E-state index in [0.29, 0.717) is 25.9 Å². The second-order valence-corrected chi connectivity index (χ2v) is 12.9. The van der Waals surface area contributed by atoms with Crippen LogP contribution in [0.15, 0.2) is 50.9 Å². The number of thiophene rings is 1. The van der Waals surface area contributed by atoms with E-state index in [1.807, 2.05) is 0 Å². The number of rotatable bonds is 10. The van der Waals surface area contributed by atoms with Crippen LogP contribution in [-0.2, 0) is 34.4 Å². The number of hydrogen-bond donors (Lipinski definition) is 1. The average Bonchev–Trinajstić information content (AvgIpc) is 3.39. The Balaban J connectivity index is 1.51. The number of esters is 1. The molecule has 0 atom stereocenters. The fourth-order valence-corrected chi connectivity index (χ4v) is 7.89. The summed E-state index contributed by atoms with van der Waals surface area (Å²) in [7, 11) is -7.24. The molecule has 1 amide bonds. The van der Waals surface area contributed by atoms with Crippen LogP contribution in [0.1, 0.15) is 26.7 Å². The van der Waals surface area contributed by atoms with Crippen LogP contribution >= 0.6 is 11.3 Å². The number of nitrogens with zero attached hydrogens (tertiary/aromatic N) is 2. The molecule has 10 nitrogen and oxygen atoms in total. The molecule has 3 rings (SSSR count). The summed E-state index contributed by atoms with van der Waals surface area (Å²) in [5.74, 6) is -1.67. The monoisotopic (exact) mass is 543 g/mol. The summed E-state index contributed by atoms with van der Waals surface area (Å²) in [4.78, 5) is 24.8. The SMILES string of the molecule is CCN(CC)S(=O)(=O)c1cccc(NC(=O)COC(=O)C2CCN(S(=O)(=O)c3cccs3)CC2)c1. The van der Waals surface area contributed by atoms with Crippen LogP contribution < -0.4 is 5.32 Å². The summed E-state index contributed by atoms with van der Waals surface area (Å²) < 4.78 is 58.6. The van der Waals surface area contributed by atoms with Gasteiger partial charge in [0, 0.05) is 31.9 Å². The standard InChI is InChI=1S/C22H29N3O7S3/c1-3-24(4-2)34(28,29)19-8-5-7-18(15-19)23-20(26)16-32-22(27)17-10-12-25(13-11-17)35(30,31)21-9-6-14-33-21/h5-9,14-15,17H,3-4,10-13,16H2,1-2H3,(H,23,26). The lowest BCUT2D eigenvalue weighted by molar-refractivity contribution is -0.152. The highest BCUT2D eigenvalue weighted by atomic mass is 32.2. The molecule has 0 spiro atoms. The zero-order valence-corrected chi connectivity index (χ0v) is 22.0. The zero-order valence-electron chi connectivity index (χ0n) is 19.5. The molecule has 1 aromatic heterocycles. The van der Waals surface area contributed by atoms with Gasteiger partial charge in [-0.05, 0) is 42.5 Å². The van der Waals surface area contributed by atoms with Crippen molar-refractivity contribution in [2.45, 2.75) is 35.8 Å². The summed E-state index contributed by atoms with van der Waals surface area (Å²) in [6.07, 6.45) is 0.604. The Bertz CT molecular complexity index is 1230. The van der Waals surface area contributed by atoms with Crippen molar-refractivity contribution in [3.05, 3.63) is 41.8 Å². The Hall–Kier alpha value is -2.32. The molecule has 1 aliphatic rings. The topological polar surface area (TPSA) is 130 Å². The Morgan fingerprint density at radius 1 is 1.09 bits per heavy atom. The maximum absolute atomic E-state index is 12.7. The predicted octanol–water partition coefficient (Wildman–Crippen LogP) is 2.36. The zero-order chi connectivity index (χ0) is 25.6. The van der Waals surface area contributed by atoms with Crippen molar-refractivity contribution >= 4 is 48.9 Å². The highest BCUT2D eigenvalue weighted by Crippen LogP contribution is 2.27. The van der Waals surface area contributed by atoms with Crippen LogP contribution in [0.4, 0.5) is 5.69 Å². The van der Waals surface area contributed by atoms with Crippen LogP contribution in [0.5, 0.6) is 0 Å². The van der Waals surface area contributed by atoms with Gasteiger partial charge in [-0.25, -0.2) is 16.8 Å². The molecular formula is C22H29N3O7S3. The van der Waals surface area contributed by atoms with E-state index in [2.05, 4.69) is 5.32 Å². The Kier molecular flexibility index (Phi) is 9.05. The van der Waals surface area contributed by atoms with Gasteiger partial charge in [0.1, 0.15) is 4.21 Å². The van der Waals surface area contributed by atoms with Gasteiger partial charge in [0.25, 0.3) is 15.9 Å². The molecule has 2 heterocycles. The van der Waals surface area contributed by atoms with Crippen molar-refractivity contribution in [2.24, 2.45) is 5.92 Å². The van der Waals surface area contributed by atoms with Gasteiger partial charge < -0.3 is 10.1 Å². The molecule has 1 N–H and O–H groups in total. The van der Waals surface area contributed by atoms with Crippen molar-refractivity contribution in [3.63, 3.8) is 0 Å². The Labute approximate surface area is 210 Å². The van der Waals surface area contributed by atoms with Crippen LogP contribution in [0.2, 0.25) is 0 Å². The van der Waals surface area contributed by atoms with Gasteiger partial charge in [-0.15, -0.1) is 11.3 Å². The van der Waals surface area contributed by atoms with Gasteiger partial charge >= 0.3 is 5.97 Å². The number of benzene rings is 1. The van der Waals surface area contributed by atoms with Gasteiger partial charge in [-0.3, -0.25) is 9.59 Å². The lowest BCUT2D eigenvalue weighted by atomic mass is 9.98. The van der Waals surface area contributed by atoms with Crippen molar-refractivity contribution in [1.29, 1.82) is 0 Å². The van der Waals surface area contributed by atoms with Gasteiger partial charge in [0.15, 0.2) is 6.61 Å². The quantitative estimate of drug-likeness (QED) is 0.455. The fourth-order valence-electron chi connectivity index (χ4n) is 3.77. The lowest BCUT2D eigenvalue weighted by Crippen LogP contribution is -2.40. The van der Waals surface area contributed by atoms with Crippen LogP contribution in [0, 0.1) is 5.92 Å². The van der Waals surface area contributed by atoms with E-state index >= 15 is 0 Å². The highest BCUT2D eigenvalue weighted by molar-refractivity contribution is 7.91. The normalized spacial score (nSPS) is 15.7. The first kappa shape index (κ1) is 27.3. The van der Waals surface area contributed by atoms with Crippen molar-refractivity contribution in [2.75, 3.05) is 38.1 Å². The van der Waals surface area contributed by atoms with Crippen molar-refractivity contribution in [1.82, 2.24) is 8.61 Å². The highest BCUT2D eigenvalue weighted by Gasteiger charge is 2.33. The van der Waals surface area contributed by atoms with E-state index in [0.717, 1.165) is 11.3 Å². The molecule has 35 heavy (non-hydrogen) atoms. The number of sulfonamides is 2. The minimum atomic E-state index is -3.68. The third-order valence-corrected chi connectivity index (χ3v) is 11.0. The predicted molar refractivity (Wildman–Crippen MR) is 132 cm³/mol. The number of ether oxygens (including phenoxy) is 1. The number of piperidine rings is 1. The smallest absolute Gasteiger partial charge is 0.309 e. The summed E-state index contributed by atoms with van der Waals surface area (Å²) in [6.45, 7) is 4.00. The molecule has 192 valence electrons. The number of amides is 1. The largest absolute Gasteiger partial charge is 0.455 e. The lowest BCUT2D eigenvalue weighted by Gasteiger charge is -2.29. The molecule has 0 unspecified atom stereocenters. The maximum atomic E-state index is 12.7. The fraction of sp³-hybridized carbons (Fsp3) is 0.455. The molecule has 1 aromatic carbocycles. The van der Waals surface area contributed by atoms with E-state index in [-0.39, 0.29) is 27.9 Å². The molecule has 1 saturated heterocycles. The summed E-state index contributed by atoms with van der Waals surface area (Å²) in [5, 5.41) is 4.24. The van der Waals surface area contributed by atoms with Gasteiger partial charge in [0.05, 0.1) is 10.8 Å². The number of hydrogen-bond acceptors (Lipinski definition) is 8. The van der Waals surface area contributed by atoms with E-state index in [4.69, 9.17) is 4.74 Å². The van der Waals surface area contributed by atoms with Crippen molar-refractivity contribution in [3.8, 4) is 0 Å². The molecule has 1 fully saturated rings. The maximum Gasteiger partial charge on any atom is 0.309 e. The average molecular weight is 544 g/mol. The molecule has 0 bridgehead atoms. The van der Waals surface area contributed by atoms with E-state index in [1.54, 1.807) is 37.4 Å². The minimum Gasteiger partial charge on any atom is -0.455 e. The van der Waals surface area contributed by atoms with E-state index in [9.17, 15) is 26.4 Å². The van der Waals surface area contributed by atoms with Crippen LogP contribution in [-0.4, -0.2) is 70.1 Å². The van der Waals surface area contributed by atoms with Crippen LogP contribution in [0.3, 0.4) is 0 Å². The first-order valence-corrected chi connectivity index (χ1v) is 15.0. The summed E-state index contributed by atoms with van der Waals surface area (Å²) >= 11 is 1.15. The third-order valence-electron chi connectivity index (χ3n) is 5.68. The first-order chi connectivity index (χ1) is 16.6. The van der Waals surface area contributed by atoms with E-state index < -0.39 is 44.4 Å². The molecule has 0 saturated carbocycles. The molecular weight excluding hydrogens is 514 g/mol. The summed E-state index contributed by atoms with van der Waals surface area (Å²) in [6, 6.07) is 9.10. The van der Waals surface area contributed by atoms with Gasteiger partial charge in [-0.1, -0.05) is 26.0 Å².